The van der Waals surface area contributed by atoms with Gasteiger partial charge in [-0.3, -0.25) is 14.5 Å². The van der Waals surface area contributed by atoms with Crippen molar-refractivity contribution in [1.29, 1.82) is 0 Å². The Kier molecular flexibility index (Phi) is 4.97. The van der Waals surface area contributed by atoms with Crippen LogP contribution in [0.15, 0.2) is 23.1 Å². The number of hydrogen-bond donors (Lipinski definition) is 1. The van der Waals surface area contributed by atoms with E-state index in [2.05, 4.69) is 0 Å². The van der Waals surface area contributed by atoms with Crippen molar-refractivity contribution in [3.63, 3.8) is 0 Å². The first-order valence-corrected chi connectivity index (χ1v) is 8.98. The number of amides is 2. The van der Waals surface area contributed by atoms with Crippen LogP contribution in [0.3, 0.4) is 0 Å². The number of phenols is 1. The minimum absolute atomic E-state index is 0.0356. The van der Waals surface area contributed by atoms with Gasteiger partial charge in [0.15, 0.2) is 0 Å². The molecule has 0 bridgehead atoms. The molecule has 0 atom stereocenters. The van der Waals surface area contributed by atoms with Gasteiger partial charge in [0.1, 0.15) is 5.75 Å². The molecule has 0 spiro atoms. The summed E-state index contributed by atoms with van der Waals surface area (Å²) in [7, 11) is 0. The lowest BCUT2D eigenvalue weighted by Crippen LogP contribution is -2.34. The number of nitrogens with zero attached hydrogens (tertiary/aromatic N) is 1. The van der Waals surface area contributed by atoms with Crippen molar-refractivity contribution < 1.29 is 14.7 Å². The van der Waals surface area contributed by atoms with Crippen molar-refractivity contribution in [2.45, 2.75) is 32.1 Å². The Morgan fingerprint density at radius 1 is 1.26 bits per heavy atom. The summed E-state index contributed by atoms with van der Waals surface area (Å²) in [4.78, 5) is 26.3. The maximum absolute atomic E-state index is 12.5. The maximum Gasteiger partial charge on any atom is 0.293 e. The molecule has 1 saturated carbocycles. The molecule has 1 aliphatic carbocycles. The molecule has 6 heteroatoms. The second kappa shape index (κ2) is 6.97. The first-order chi connectivity index (χ1) is 11.0. The summed E-state index contributed by atoms with van der Waals surface area (Å²) in [6.07, 6.45) is 7.28. The molecule has 1 N–H and O–H groups in total. The quantitative estimate of drug-likeness (QED) is 0.804. The van der Waals surface area contributed by atoms with E-state index in [0.717, 1.165) is 24.6 Å². The number of rotatable bonds is 3. The van der Waals surface area contributed by atoms with Gasteiger partial charge in [-0.15, -0.1) is 0 Å². The molecule has 1 aromatic rings. The molecule has 2 amide bonds. The number of phenolic OH excluding ortho intramolecular Hbond substituents is 1. The average molecular weight is 352 g/mol. The molecule has 0 radical (unpaired) electrons. The molecule has 2 aliphatic rings. The van der Waals surface area contributed by atoms with Gasteiger partial charge in [0, 0.05) is 17.1 Å². The van der Waals surface area contributed by atoms with E-state index in [0.29, 0.717) is 28.0 Å². The van der Waals surface area contributed by atoms with E-state index in [1.54, 1.807) is 12.1 Å². The van der Waals surface area contributed by atoms with Crippen molar-refractivity contribution in [3.8, 4) is 5.75 Å². The second-order valence-corrected chi connectivity index (χ2v) is 7.43. The van der Waals surface area contributed by atoms with Gasteiger partial charge < -0.3 is 5.11 Å². The Morgan fingerprint density at radius 2 is 2.00 bits per heavy atom. The van der Waals surface area contributed by atoms with Gasteiger partial charge in [-0.05, 0) is 54.8 Å². The summed E-state index contributed by atoms with van der Waals surface area (Å²) in [5.74, 6) is 0.176. The zero-order valence-corrected chi connectivity index (χ0v) is 14.2. The van der Waals surface area contributed by atoms with Crippen molar-refractivity contribution in [3.05, 3.63) is 33.7 Å². The highest BCUT2D eigenvalue weighted by Gasteiger charge is 2.36. The Morgan fingerprint density at radius 3 is 2.74 bits per heavy atom. The van der Waals surface area contributed by atoms with E-state index in [1.807, 2.05) is 0 Å². The smallest absolute Gasteiger partial charge is 0.293 e. The monoisotopic (exact) mass is 351 g/mol. The highest BCUT2D eigenvalue weighted by Crippen LogP contribution is 2.36. The van der Waals surface area contributed by atoms with Crippen LogP contribution < -0.4 is 0 Å². The van der Waals surface area contributed by atoms with Crippen LogP contribution in [0.5, 0.6) is 5.75 Å². The first-order valence-electron chi connectivity index (χ1n) is 7.78. The molecule has 4 nitrogen and oxygen atoms in total. The van der Waals surface area contributed by atoms with Crippen LogP contribution in [-0.2, 0) is 4.79 Å². The Balaban J connectivity index is 1.77. The highest BCUT2D eigenvalue weighted by molar-refractivity contribution is 8.18. The van der Waals surface area contributed by atoms with Crippen LogP contribution in [-0.4, -0.2) is 27.7 Å². The number of thioether (sulfide) groups is 1. The second-order valence-electron chi connectivity index (χ2n) is 6.00. The van der Waals surface area contributed by atoms with Gasteiger partial charge in [-0.1, -0.05) is 30.9 Å². The molecule has 3 rings (SSSR count). The molecule has 2 fully saturated rings. The Hall–Kier alpha value is -1.46. The van der Waals surface area contributed by atoms with Crippen LogP contribution in [0, 0.1) is 5.92 Å². The van der Waals surface area contributed by atoms with Crippen LogP contribution in [0.25, 0.3) is 6.08 Å². The summed E-state index contributed by atoms with van der Waals surface area (Å²) >= 11 is 6.84. The van der Waals surface area contributed by atoms with Crippen molar-refractivity contribution in [2.24, 2.45) is 5.92 Å². The van der Waals surface area contributed by atoms with Crippen molar-refractivity contribution in [2.75, 3.05) is 6.54 Å². The Labute approximate surface area is 144 Å². The van der Waals surface area contributed by atoms with Gasteiger partial charge in [-0.25, -0.2) is 0 Å². The van der Waals surface area contributed by atoms with Crippen molar-refractivity contribution >= 4 is 40.6 Å². The fourth-order valence-electron chi connectivity index (χ4n) is 3.07. The molecule has 1 aliphatic heterocycles. The topological polar surface area (TPSA) is 57.6 Å². The van der Waals surface area contributed by atoms with E-state index < -0.39 is 0 Å². The van der Waals surface area contributed by atoms with E-state index >= 15 is 0 Å². The third kappa shape index (κ3) is 3.72. The normalized spacial score (nSPS) is 21.4. The predicted molar refractivity (Wildman–Crippen MR) is 92.4 cm³/mol. The lowest BCUT2D eigenvalue weighted by atomic mass is 9.89. The molecule has 122 valence electrons. The molecule has 1 heterocycles. The summed E-state index contributed by atoms with van der Waals surface area (Å²) in [5.41, 5.74) is 0.445. The maximum atomic E-state index is 12.5. The summed E-state index contributed by atoms with van der Waals surface area (Å²) in [5, 5.41) is 10.1. The minimum atomic E-state index is -0.273. The zero-order chi connectivity index (χ0) is 16.4. The SMILES string of the molecule is O=C1S/C(=C/c2cc(Cl)ccc2O)C(=O)N1CC1CCCCC1. The van der Waals surface area contributed by atoms with Gasteiger partial charge in [0.25, 0.3) is 11.1 Å². The molecule has 1 aromatic carbocycles. The van der Waals surface area contributed by atoms with E-state index in [9.17, 15) is 14.7 Å². The summed E-state index contributed by atoms with van der Waals surface area (Å²) in [6.45, 7) is 0.504. The molecule has 0 unspecified atom stereocenters. The van der Waals surface area contributed by atoms with Crippen LogP contribution >= 0.6 is 23.4 Å². The number of carbonyl (C=O) groups excluding carboxylic acids is 2. The van der Waals surface area contributed by atoms with Crippen molar-refractivity contribution in [1.82, 2.24) is 4.90 Å². The van der Waals surface area contributed by atoms with Crippen LogP contribution in [0.1, 0.15) is 37.7 Å². The van der Waals surface area contributed by atoms with E-state index in [4.69, 9.17) is 11.6 Å². The summed E-state index contributed by atoms with van der Waals surface area (Å²) < 4.78 is 0. The number of halogens is 1. The van der Waals surface area contributed by atoms with Gasteiger partial charge in [0.05, 0.1) is 4.91 Å². The lowest BCUT2D eigenvalue weighted by Gasteiger charge is -2.25. The minimum Gasteiger partial charge on any atom is -0.507 e. The standard InChI is InChI=1S/C17H18ClNO3S/c18-13-6-7-14(20)12(8-13)9-15-16(21)19(17(22)23-15)10-11-4-2-1-3-5-11/h6-9,11,20H,1-5,10H2/b15-9+. The first kappa shape index (κ1) is 16.4. The van der Waals surface area contributed by atoms with Crippen LogP contribution in [0.4, 0.5) is 4.79 Å². The third-order valence-electron chi connectivity index (χ3n) is 4.32. The van der Waals surface area contributed by atoms with E-state index in [1.165, 1.54) is 36.3 Å². The number of aromatic hydroxyl groups is 1. The van der Waals surface area contributed by atoms with Gasteiger partial charge in [-0.2, -0.15) is 0 Å². The molecule has 23 heavy (non-hydrogen) atoms. The Bertz CT molecular complexity index is 668. The zero-order valence-electron chi connectivity index (χ0n) is 12.6. The molecule has 0 aromatic heterocycles. The average Bonchev–Trinajstić information content (AvgIpc) is 2.80. The number of hydrogen-bond acceptors (Lipinski definition) is 4. The van der Waals surface area contributed by atoms with Crippen LogP contribution in [0.2, 0.25) is 5.02 Å². The number of benzene rings is 1. The molecular weight excluding hydrogens is 334 g/mol. The number of carbonyl (C=O) groups is 2. The summed E-state index contributed by atoms with van der Waals surface area (Å²) in [6, 6.07) is 4.62. The predicted octanol–water partition coefficient (Wildman–Crippen LogP) is 4.66. The lowest BCUT2D eigenvalue weighted by molar-refractivity contribution is -0.123. The largest absolute Gasteiger partial charge is 0.507 e. The third-order valence-corrected chi connectivity index (χ3v) is 5.46. The fraction of sp³-hybridized carbons (Fsp3) is 0.412. The number of imide groups is 1. The molecular formula is C17H18ClNO3S. The fourth-order valence-corrected chi connectivity index (χ4v) is 4.09. The highest BCUT2D eigenvalue weighted by atomic mass is 35.5. The van der Waals surface area contributed by atoms with Gasteiger partial charge >= 0.3 is 0 Å². The molecule has 1 saturated heterocycles. The van der Waals surface area contributed by atoms with E-state index in [-0.39, 0.29) is 16.9 Å². The van der Waals surface area contributed by atoms with Gasteiger partial charge in [0.2, 0.25) is 0 Å².